The van der Waals surface area contributed by atoms with E-state index in [1.54, 1.807) is 4.72 Å². The third kappa shape index (κ3) is 3.83. The number of nitro groups is 1. The van der Waals surface area contributed by atoms with Gasteiger partial charge in [-0.15, -0.1) is 0 Å². The van der Waals surface area contributed by atoms with Crippen molar-refractivity contribution in [3.8, 4) is 11.5 Å². The van der Waals surface area contributed by atoms with E-state index in [4.69, 9.17) is 15.2 Å². The molecule has 12 heteroatoms. The van der Waals surface area contributed by atoms with Crippen LogP contribution in [0.5, 0.6) is 11.5 Å². The van der Waals surface area contributed by atoms with Crippen LogP contribution in [-0.4, -0.2) is 45.6 Å². The lowest BCUT2D eigenvalue weighted by Gasteiger charge is -2.19. The Hall–Kier alpha value is -2.05. The van der Waals surface area contributed by atoms with Crippen LogP contribution in [0, 0.1) is 10.1 Å². The summed E-state index contributed by atoms with van der Waals surface area (Å²) in [7, 11) is -4.58. The highest BCUT2D eigenvalue weighted by Crippen LogP contribution is 2.38. The number of benzene rings is 1. The van der Waals surface area contributed by atoms with Crippen LogP contribution in [0.4, 0.5) is 14.5 Å². The number of ether oxygens (including phenoxy) is 2. The van der Waals surface area contributed by atoms with Crippen LogP contribution in [-0.2, 0) is 10.0 Å². The number of nitro benzene ring substituents is 1. The predicted molar refractivity (Wildman–Crippen MR) is 73.3 cm³/mol. The molecule has 128 valence electrons. The van der Waals surface area contributed by atoms with Crippen LogP contribution in [0.15, 0.2) is 17.0 Å². The molecular weight excluding hydrogens is 340 g/mol. The van der Waals surface area contributed by atoms with Crippen LogP contribution < -0.4 is 19.9 Å². The molecular formula is C11H13F2N3O6S. The molecule has 1 aromatic carbocycles. The van der Waals surface area contributed by atoms with E-state index in [9.17, 15) is 27.3 Å². The van der Waals surface area contributed by atoms with E-state index in [0.29, 0.717) is 0 Å². The fourth-order valence-corrected chi connectivity index (χ4v) is 3.00. The van der Waals surface area contributed by atoms with Crippen LogP contribution in [0.25, 0.3) is 0 Å². The number of alkyl halides is 2. The molecule has 0 aromatic heterocycles. The second kappa shape index (κ2) is 6.22. The van der Waals surface area contributed by atoms with E-state index < -0.39 is 44.5 Å². The van der Waals surface area contributed by atoms with Gasteiger partial charge in [0.1, 0.15) is 13.2 Å². The zero-order chi connectivity index (χ0) is 17.3. The Kier molecular flexibility index (Phi) is 4.68. The van der Waals surface area contributed by atoms with Gasteiger partial charge < -0.3 is 15.2 Å². The van der Waals surface area contributed by atoms with E-state index in [1.165, 1.54) is 0 Å². The summed E-state index contributed by atoms with van der Waals surface area (Å²) in [6, 6.07) is 1.75. The van der Waals surface area contributed by atoms with Gasteiger partial charge >= 0.3 is 0 Å². The first-order valence-corrected chi connectivity index (χ1v) is 7.80. The van der Waals surface area contributed by atoms with Crippen LogP contribution in [0.3, 0.4) is 0 Å². The second-order valence-electron chi connectivity index (χ2n) is 4.61. The zero-order valence-corrected chi connectivity index (χ0v) is 12.4. The lowest BCUT2D eigenvalue weighted by molar-refractivity contribution is -0.388. The van der Waals surface area contributed by atoms with Crippen molar-refractivity contribution in [2.24, 2.45) is 5.73 Å². The standard InChI is InChI=1S/C11H13F2N3O6S/c12-11(13,5-14)6-15-23(19,20)10-4-9-8(21-1-2-22-9)3-7(10)16(17)18/h3-4,15H,1-2,5-6,14H2. The van der Waals surface area contributed by atoms with E-state index in [2.05, 4.69) is 0 Å². The van der Waals surface area contributed by atoms with Crippen LogP contribution in [0.2, 0.25) is 0 Å². The van der Waals surface area contributed by atoms with Gasteiger partial charge in [0.05, 0.1) is 24.1 Å². The molecule has 0 radical (unpaired) electrons. The van der Waals surface area contributed by atoms with Gasteiger partial charge in [0.2, 0.25) is 10.0 Å². The summed E-state index contributed by atoms with van der Waals surface area (Å²) < 4.78 is 62.3. The predicted octanol–water partition coefficient (Wildman–Crippen LogP) is 0.238. The van der Waals surface area contributed by atoms with E-state index >= 15 is 0 Å². The second-order valence-corrected chi connectivity index (χ2v) is 6.34. The SMILES string of the molecule is NCC(F)(F)CNS(=O)(=O)c1cc2c(cc1[N+](=O)[O-])OCCO2. The average molecular weight is 353 g/mol. The number of nitrogens with one attached hydrogen (secondary N) is 1. The maximum absolute atomic E-state index is 13.1. The fraction of sp³-hybridized carbons (Fsp3) is 0.455. The molecule has 1 aliphatic heterocycles. The van der Waals surface area contributed by atoms with Crippen molar-refractivity contribution >= 4 is 15.7 Å². The minimum atomic E-state index is -4.58. The summed E-state index contributed by atoms with van der Waals surface area (Å²) in [5, 5.41) is 11.1. The number of halogens is 2. The maximum atomic E-state index is 13.1. The third-order valence-corrected chi connectivity index (χ3v) is 4.36. The molecule has 3 N–H and O–H groups in total. The summed E-state index contributed by atoms with van der Waals surface area (Å²) >= 11 is 0. The Morgan fingerprint density at radius 1 is 1.30 bits per heavy atom. The fourth-order valence-electron chi connectivity index (χ4n) is 1.77. The Balaban J connectivity index is 2.42. The molecule has 0 saturated carbocycles. The number of hydrogen-bond donors (Lipinski definition) is 2. The van der Waals surface area contributed by atoms with Gasteiger partial charge in [0.15, 0.2) is 16.4 Å². The molecule has 0 atom stereocenters. The Bertz CT molecular complexity index is 725. The van der Waals surface area contributed by atoms with Crippen molar-refractivity contribution < 1.29 is 31.6 Å². The van der Waals surface area contributed by atoms with Gasteiger partial charge in [-0.25, -0.2) is 21.9 Å². The smallest absolute Gasteiger partial charge is 0.293 e. The first kappa shape index (κ1) is 17.3. The highest BCUT2D eigenvalue weighted by atomic mass is 32.2. The first-order valence-electron chi connectivity index (χ1n) is 6.32. The van der Waals surface area contributed by atoms with Crippen molar-refractivity contribution in [3.63, 3.8) is 0 Å². The Morgan fingerprint density at radius 2 is 1.87 bits per heavy atom. The molecule has 1 aromatic rings. The normalized spacial score (nSPS) is 14.6. The average Bonchev–Trinajstić information content (AvgIpc) is 2.52. The van der Waals surface area contributed by atoms with Crippen LogP contribution >= 0.6 is 0 Å². The minimum Gasteiger partial charge on any atom is -0.486 e. The minimum absolute atomic E-state index is 0.00851. The van der Waals surface area contributed by atoms with E-state index in [0.717, 1.165) is 12.1 Å². The molecule has 0 aliphatic carbocycles. The molecule has 1 heterocycles. The highest BCUT2D eigenvalue weighted by molar-refractivity contribution is 7.89. The van der Waals surface area contributed by atoms with Crippen molar-refractivity contribution in [2.45, 2.75) is 10.8 Å². The number of sulfonamides is 1. The number of hydrogen-bond acceptors (Lipinski definition) is 7. The van der Waals surface area contributed by atoms with Gasteiger partial charge in [0.25, 0.3) is 11.6 Å². The van der Waals surface area contributed by atoms with Crippen molar-refractivity contribution in [2.75, 3.05) is 26.3 Å². The van der Waals surface area contributed by atoms with Crippen molar-refractivity contribution in [1.29, 1.82) is 0 Å². The number of rotatable bonds is 6. The summed E-state index contributed by atoms with van der Waals surface area (Å²) in [4.78, 5) is 9.32. The zero-order valence-electron chi connectivity index (χ0n) is 11.6. The molecule has 0 spiro atoms. The molecule has 23 heavy (non-hydrogen) atoms. The topological polar surface area (TPSA) is 134 Å². The summed E-state index contributed by atoms with van der Waals surface area (Å²) in [6.45, 7) is -2.07. The summed E-state index contributed by atoms with van der Waals surface area (Å²) in [5.74, 6) is -3.49. The molecule has 0 fully saturated rings. The molecule has 1 aliphatic rings. The Labute approximate surface area is 129 Å². The largest absolute Gasteiger partial charge is 0.486 e. The van der Waals surface area contributed by atoms with Gasteiger partial charge in [0, 0.05) is 6.07 Å². The van der Waals surface area contributed by atoms with Crippen LogP contribution in [0.1, 0.15) is 0 Å². The number of nitrogens with two attached hydrogens (primary N) is 1. The van der Waals surface area contributed by atoms with Gasteiger partial charge in [-0.05, 0) is 0 Å². The lowest BCUT2D eigenvalue weighted by Crippen LogP contribution is -2.41. The number of nitrogens with zero attached hydrogens (tertiary/aromatic N) is 1. The number of fused-ring (bicyclic) bond motifs is 1. The van der Waals surface area contributed by atoms with E-state index in [-0.39, 0.29) is 24.7 Å². The highest BCUT2D eigenvalue weighted by Gasteiger charge is 2.34. The molecule has 0 amide bonds. The first-order chi connectivity index (χ1) is 10.7. The van der Waals surface area contributed by atoms with Gasteiger partial charge in [-0.2, -0.15) is 0 Å². The molecule has 0 saturated heterocycles. The summed E-state index contributed by atoms with van der Waals surface area (Å²) in [6.07, 6.45) is 0. The summed E-state index contributed by atoms with van der Waals surface area (Å²) in [5.41, 5.74) is 4.01. The Morgan fingerprint density at radius 3 is 2.39 bits per heavy atom. The maximum Gasteiger partial charge on any atom is 0.293 e. The van der Waals surface area contributed by atoms with E-state index in [1.807, 2.05) is 0 Å². The third-order valence-electron chi connectivity index (χ3n) is 2.93. The lowest BCUT2D eigenvalue weighted by atomic mass is 10.2. The molecule has 0 unspecified atom stereocenters. The van der Waals surface area contributed by atoms with Crippen molar-refractivity contribution in [3.05, 3.63) is 22.2 Å². The monoisotopic (exact) mass is 353 g/mol. The molecule has 2 rings (SSSR count). The molecule has 9 nitrogen and oxygen atoms in total. The van der Waals surface area contributed by atoms with Gasteiger partial charge in [-0.1, -0.05) is 0 Å². The van der Waals surface area contributed by atoms with Gasteiger partial charge in [-0.3, -0.25) is 10.1 Å². The van der Waals surface area contributed by atoms with Crippen molar-refractivity contribution in [1.82, 2.24) is 4.72 Å². The quantitative estimate of drug-likeness (QED) is 0.552. The molecule has 0 bridgehead atoms.